The molecule has 0 aliphatic carbocycles. The normalized spacial score (nSPS) is 10.6. The molecule has 0 aliphatic heterocycles. The first-order valence-corrected chi connectivity index (χ1v) is 4.27. The van der Waals surface area contributed by atoms with Gasteiger partial charge in [-0.25, -0.2) is 13.8 Å². The van der Waals surface area contributed by atoms with E-state index in [1.807, 2.05) is 0 Å². The number of H-pyrrole nitrogens is 1. The largest absolute Gasteiger partial charge is 0.505 e. The number of hydrogen-bond acceptors (Lipinski definition) is 3. The second-order valence-electron chi connectivity index (χ2n) is 3.12. The van der Waals surface area contributed by atoms with Gasteiger partial charge in [-0.1, -0.05) is 6.58 Å². The number of nitrogens with one attached hydrogen (secondary N) is 1. The van der Waals surface area contributed by atoms with Crippen LogP contribution in [0.3, 0.4) is 0 Å². The quantitative estimate of drug-likeness (QED) is 0.725. The first kappa shape index (κ1) is 10.3. The molecule has 1 aromatic carbocycles. The lowest BCUT2D eigenvalue weighted by Crippen LogP contribution is -2.13. The number of rotatable bonds is 1. The molecule has 0 fully saturated rings. The monoisotopic (exact) mass is 224 g/mol. The van der Waals surface area contributed by atoms with Crippen molar-refractivity contribution in [3.05, 3.63) is 46.5 Å². The highest BCUT2D eigenvalue weighted by molar-refractivity contribution is 5.79. The van der Waals surface area contributed by atoms with E-state index in [4.69, 9.17) is 5.11 Å². The Labute approximate surface area is 87.9 Å². The number of halogens is 2. The molecule has 0 saturated heterocycles. The van der Waals surface area contributed by atoms with Crippen LogP contribution in [0.5, 0.6) is 0 Å². The van der Waals surface area contributed by atoms with Crippen molar-refractivity contribution < 1.29 is 13.9 Å². The second kappa shape index (κ2) is 3.41. The lowest BCUT2D eigenvalue weighted by molar-refractivity contribution is 0.505. The van der Waals surface area contributed by atoms with E-state index in [-0.39, 0.29) is 11.3 Å². The maximum absolute atomic E-state index is 13.3. The van der Waals surface area contributed by atoms with Gasteiger partial charge in [-0.3, -0.25) is 4.79 Å². The third-order valence-electron chi connectivity index (χ3n) is 2.04. The minimum absolute atomic E-state index is 0.0483. The summed E-state index contributed by atoms with van der Waals surface area (Å²) in [6.45, 7) is 3.17. The van der Waals surface area contributed by atoms with E-state index < -0.39 is 28.3 Å². The Bertz CT molecular complexity index is 649. The zero-order chi connectivity index (χ0) is 11.9. The van der Waals surface area contributed by atoms with Gasteiger partial charge >= 0.3 is 0 Å². The van der Waals surface area contributed by atoms with Gasteiger partial charge in [0.25, 0.3) is 5.56 Å². The molecule has 0 aliphatic rings. The van der Waals surface area contributed by atoms with Crippen molar-refractivity contribution in [1.29, 1.82) is 0 Å². The van der Waals surface area contributed by atoms with Crippen LogP contribution in [0, 0.1) is 11.6 Å². The van der Waals surface area contributed by atoms with Crippen LogP contribution in [0.15, 0.2) is 23.5 Å². The van der Waals surface area contributed by atoms with Crippen molar-refractivity contribution in [2.75, 3.05) is 0 Å². The highest BCUT2D eigenvalue weighted by atomic mass is 19.2. The zero-order valence-electron chi connectivity index (χ0n) is 7.92. The SMILES string of the molecule is C=C(O)c1nc2ccc(F)c(F)c2c(=O)[nH]1. The Balaban J connectivity index is 2.92. The van der Waals surface area contributed by atoms with Gasteiger partial charge in [0.1, 0.15) is 5.39 Å². The Morgan fingerprint density at radius 3 is 2.75 bits per heavy atom. The molecule has 6 heteroatoms. The fourth-order valence-corrected chi connectivity index (χ4v) is 1.30. The van der Waals surface area contributed by atoms with Crippen molar-refractivity contribution in [2.45, 2.75) is 0 Å². The maximum Gasteiger partial charge on any atom is 0.262 e. The molecule has 0 unspecified atom stereocenters. The molecule has 4 nitrogen and oxygen atoms in total. The summed E-state index contributed by atoms with van der Waals surface area (Å²) in [6.07, 6.45) is 0. The van der Waals surface area contributed by atoms with Crippen molar-refractivity contribution >= 4 is 16.7 Å². The van der Waals surface area contributed by atoms with E-state index in [0.717, 1.165) is 12.1 Å². The van der Waals surface area contributed by atoms with Crippen LogP contribution < -0.4 is 5.56 Å². The molecule has 2 N–H and O–H groups in total. The summed E-state index contributed by atoms with van der Waals surface area (Å²) in [7, 11) is 0. The predicted molar refractivity (Wildman–Crippen MR) is 53.9 cm³/mol. The van der Waals surface area contributed by atoms with E-state index in [0.29, 0.717) is 0 Å². The molecule has 0 bridgehead atoms. The van der Waals surface area contributed by atoms with E-state index in [1.165, 1.54) is 0 Å². The van der Waals surface area contributed by atoms with Gasteiger partial charge in [-0.05, 0) is 12.1 Å². The molecule has 0 amide bonds. The van der Waals surface area contributed by atoms with Crippen LogP contribution in [-0.2, 0) is 0 Å². The van der Waals surface area contributed by atoms with Crippen molar-refractivity contribution in [1.82, 2.24) is 9.97 Å². The Morgan fingerprint density at radius 2 is 2.12 bits per heavy atom. The lowest BCUT2D eigenvalue weighted by atomic mass is 10.2. The molecule has 0 spiro atoms. The standard InChI is InChI=1S/C10H6F2N2O2/c1-4(15)9-13-6-3-2-5(11)8(12)7(6)10(16)14-9/h2-3,15H,1H2,(H,13,14,16). The highest BCUT2D eigenvalue weighted by Crippen LogP contribution is 2.15. The number of hydrogen-bond donors (Lipinski definition) is 2. The molecule has 2 aromatic rings. The number of aromatic amines is 1. The van der Waals surface area contributed by atoms with Crippen LogP contribution in [0.25, 0.3) is 16.7 Å². The summed E-state index contributed by atoms with van der Waals surface area (Å²) in [5, 5.41) is 8.56. The summed E-state index contributed by atoms with van der Waals surface area (Å²) in [5.41, 5.74) is -0.917. The average molecular weight is 224 g/mol. The molecule has 1 aromatic heterocycles. The first-order chi connectivity index (χ1) is 7.50. The van der Waals surface area contributed by atoms with Gasteiger partial charge in [0.2, 0.25) is 0 Å². The van der Waals surface area contributed by atoms with Crippen molar-refractivity contribution in [2.24, 2.45) is 0 Å². The highest BCUT2D eigenvalue weighted by Gasteiger charge is 2.13. The molecule has 1 heterocycles. The number of nitrogens with zero attached hydrogens (tertiary/aromatic N) is 1. The van der Waals surface area contributed by atoms with Gasteiger partial charge in [-0.2, -0.15) is 0 Å². The summed E-state index contributed by atoms with van der Waals surface area (Å²) >= 11 is 0. The van der Waals surface area contributed by atoms with E-state index in [9.17, 15) is 13.6 Å². The fourth-order valence-electron chi connectivity index (χ4n) is 1.30. The summed E-state index contributed by atoms with van der Waals surface area (Å²) in [5.74, 6) is -3.02. The van der Waals surface area contributed by atoms with Crippen molar-refractivity contribution in [3.8, 4) is 0 Å². The third-order valence-corrected chi connectivity index (χ3v) is 2.04. The summed E-state index contributed by atoms with van der Waals surface area (Å²) in [4.78, 5) is 17.2. The molecule has 16 heavy (non-hydrogen) atoms. The minimum atomic E-state index is -1.26. The molecule has 0 saturated carbocycles. The Morgan fingerprint density at radius 1 is 1.44 bits per heavy atom. The molecule has 2 rings (SSSR count). The molecular weight excluding hydrogens is 218 g/mol. The third kappa shape index (κ3) is 1.44. The number of aliphatic hydroxyl groups is 1. The van der Waals surface area contributed by atoms with Crippen LogP contribution in [0.4, 0.5) is 8.78 Å². The van der Waals surface area contributed by atoms with Gasteiger partial charge in [0, 0.05) is 0 Å². The smallest absolute Gasteiger partial charge is 0.262 e. The number of aliphatic hydroxyl groups excluding tert-OH is 1. The molecular formula is C10H6F2N2O2. The maximum atomic E-state index is 13.3. The predicted octanol–water partition coefficient (Wildman–Crippen LogP) is 1.73. The molecule has 0 atom stereocenters. The topological polar surface area (TPSA) is 66.0 Å². The van der Waals surface area contributed by atoms with E-state index >= 15 is 0 Å². The van der Waals surface area contributed by atoms with E-state index in [2.05, 4.69) is 16.5 Å². The fraction of sp³-hybridized carbons (Fsp3) is 0. The van der Waals surface area contributed by atoms with Gasteiger partial charge in [-0.15, -0.1) is 0 Å². The number of benzene rings is 1. The first-order valence-electron chi connectivity index (χ1n) is 4.27. The van der Waals surface area contributed by atoms with Crippen molar-refractivity contribution in [3.63, 3.8) is 0 Å². The Hall–Kier alpha value is -2.24. The summed E-state index contributed by atoms with van der Waals surface area (Å²) in [6, 6.07) is 2.00. The molecule has 0 radical (unpaired) electrons. The van der Waals surface area contributed by atoms with Gasteiger partial charge in [0.05, 0.1) is 5.52 Å². The number of aromatic nitrogens is 2. The van der Waals surface area contributed by atoms with Crippen LogP contribution >= 0.6 is 0 Å². The number of fused-ring (bicyclic) bond motifs is 1. The van der Waals surface area contributed by atoms with Crippen LogP contribution in [0.1, 0.15) is 5.82 Å². The Kier molecular flexibility index (Phi) is 2.19. The van der Waals surface area contributed by atoms with E-state index in [1.54, 1.807) is 0 Å². The minimum Gasteiger partial charge on any atom is -0.505 e. The van der Waals surface area contributed by atoms with Crippen LogP contribution in [0.2, 0.25) is 0 Å². The average Bonchev–Trinajstić information content (AvgIpc) is 2.22. The molecule has 82 valence electrons. The second-order valence-corrected chi connectivity index (χ2v) is 3.12. The van der Waals surface area contributed by atoms with Gasteiger partial charge < -0.3 is 10.1 Å². The summed E-state index contributed by atoms with van der Waals surface area (Å²) < 4.78 is 26.1. The van der Waals surface area contributed by atoms with Crippen LogP contribution in [-0.4, -0.2) is 15.1 Å². The zero-order valence-corrected chi connectivity index (χ0v) is 7.92. The lowest BCUT2D eigenvalue weighted by Gasteiger charge is -2.02. The van der Waals surface area contributed by atoms with Gasteiger partial charge in [0.15, 0.2) is 23.2 Å².